The molecule has 1 aromatic rings. The molecule has 0 saturated carbocycles. The third-order valence-corrected chi connectivity index (χ3v) is 2.59. The molecule has 1 atom stereocenters. The first-order valence-corrected chi connectivity index (χ1v) is 5.31. The maximum atomic E-state index is 2.29. The Balaban J connectivity index is 2.78. The van der Waals surface area contributed by atoms with Crippen LogP contribution in [0, 0.1) is 5.92 Å². The van der Waals surface area contributed by atoms with Gasteiger partial charge in [0.2, 0.25) is 0 Å². The highest BCUT2D eigenvalue weighted by atomic mass is 15.1. The van der Waals surface area contributed by atoms with E-state index in [0.717, 1.165) is 6.54 Å². The van der Waals surface area contributed by atoms with Gasteiger partial charge in [0, 0.05) is 6.54 Å². The smallest absolute Gasteiger partial charge is 0.00466 e. The molecule has 0 heterocycles. The first-order valence-electron chi connectivity index (χ1n) is 5.31. The molecule has 0 aromatic heterocycles. The van der Waals surface area contributed by atoms with E-state index in [9.17, 15) is 0 Å². The van der Waals surface area contributed by atoms with E-state index in [1.54, 1.807) is 0 Å². The van der Waals surface area contributed by atoms with Crippen molar-refractivity contribution in [2.24, 2.45) is 5.92 Å². The normalized spacial score (nSPS) is 13.6. The van der Waals surface area contributed by atoms with Gasteiger partial charge in [0.1, 0.15) is 0 Å². The molecule has 0 aliphatic heterocycles. The Bertz CT molecular complexity index is 251. The van der Waals surface area contributed by atoms with Gasteiger partial charge in [0.25, 0.3) is 0 Å². The lowest BCUT2D eigenvalue weighted by molar-refractivity contribution is 0.330. The summed E-state index contributed by atoms with van der Waals surface area (Å²) < 4.78 is 0. The molecule has 0 amide bonds. The summed E-state index contributed by atoms with van der Waals surface area (Å²) in [4.78, 5) is 2.26. The number of nitrogens with zero attached hydrogens (tertiary/aromatic N) is 1. The first kappa shape index (κ1) is 11.3. The number of hydrogen-bond acceptors (Lipinski definition) is 1. The van der Waals surface area contributed by atoms with Crippen molar-refractivity contribution in [1.29, 1.82) is 0 Å². The van der Waals surface area contributed by atoms with Crippen molar-refractivity contribution >= 4 is 0 Å². The Morgan fingerprint density at radius 1 is 1.07 bits per heavy atom. The van der Waals surface area contributed by atoms with Crippen molar-refractivity contribution in [3.05, 3.63) is 35.9 Å². The first-order chi connectivity index (χ1) is 6.61. The van der Waals surface area contributed by atoms with Crippen LogP contribution < -0.4 is 0 Å². The maximum absolute atomic E-state index is 2.29. The zero-order valence-corrected chi connectivity index (χ0v) is 9.70. The van der Waals surface area contributed by atoms with Crippen LogP contribution in [-0.2, 0) is 0 Å². The second-order valence-corrected chi connectivity index (χ2v) is 4.52. The van der Waals surface area contributed by atoms with Gasteiger partial charge >= 0.3 is 0 Å². The molecule has 0 bridgehead atoms. The number of hydrogen-bond donors (Lipinski definition) is 0. The predicted molar refractivity (Wildman–Crippen MR) is 62.6 cm³/mol. The van der Waals surface area contributed by atoms with E-state index in [1.165, 1.54) is 5.56 Å². The summed E-state index contributed by atoms with van der Waals surface area (Å²) in [7, 11) is 4.27. The Morgan fingerprint density at radius 3 is 2.07 bits per heavy atom. The molecule has 0 aliphatic rings. The van der Waals surface area contributed by atoms with Gasteiger partial charge < -0.3 is 4.90 Å². The van der Waals surface area contributed by atoms with Crippen LogP contribution in [0.5, 0.6) is 0 Å². The van der Waals surface area contributed by atoms with Gasteiger partial charge in [-0.05, 0) is 31.5 Å². The van der Waals surface area contributed by atoms with Crippen LogP contribution in [0.15, 0.2) is 30.3 Å². The van der Waals surface area contributed by atoms with Gasteiger partial charge in [-0.3, -0.25) is 0 Å². The highest BCUT2D eigenvalue weighted by molar-refractivity contribution is 5.20. The van der Waals surface area contributed by atoms with Gasteiger partial charge in [0.05, 0.1) is 0 Å². The van der Waals surface area contributed by atoms with Crippen LogP contribution in [0.1, 0.15) is 25.3 Å². The SMILES string of the molecule is CC(C)C(CN(C)C)c1ccccc1. The van der Waals surface area contributed by atoms with E-state index in [1.807, 2.05) is 0 Å². The van der Waals surface area contributed by atoms with Gasteiger partial charge in [-0.15, -0.1) is 0 Å². The zero-order chi connectivity index (χ0) is 10.6. The minimum absolute atomic E-state index is 0.645. The van der Waals surface area contributed by atoms with Crippen LogP contribution in [0.4, 0.5) is 0 Å². The number of rotatable bonds is 4. The van der Waals surface area contributed by atoms with E-state index >= 15 is 0 Å². The topological polar surface area (TPSA) is 3.24 Å². The summed E-state index contributed by atoms with van der Waals surface area (Å²) in [6.45, 7) is 5.71. The summed E-state index contributed by atoms with van der Waals surface area (Å²) in [5, 5.41) is 0. The lowest BCUT2D eigenvalue weighted by Gasteiger charge is -2.24. The molecular weight excluding hydrogens is 170 g/mol. The fourth-order valence-electron chi connectivity index (χ4n) is 1.79. The molecule has 0 N–H and O–H groups in total. The zero-order valence-electron chi connectivity index (χ0n) is 9.70. The molecule has 1 aromatic carbocycles. The third kappa shape index (κ3) is 3.15. The molecule has 78 valence electrons. The highest BCUT2D eigenvalue weighted by Crippen LogP contribution is 2.24. The monoisotopic (exact) mass is 191 g/mol. The Kier molecular flexibility index (Phi) is 4.15. The minimum atomic E-state index is 0.645. The maximum Gasteiger partial charge on any atom is 0.00466 e. The Morgan fingerprint density at radius 2 is 1.64 bits per heavy atom. The Hall–Kier alpha value is -0.820. The second-order valence-electron chi connectivity index (χ2n) is 4.52. The van der Waals surface area contributed by atoms with Crippen molar-refractivity contribution in [2.75, 3.05) is 20.6 Å². The molecule has 1 unspecified atom stereocenters. The molecule has 0 radical (unpaired) electrons. The van der Waals surface area contributed by atoms with Gasteiger partial charge in [-0.25, -0.2) is 0 Å². The van der Waals surface area contributed by atoms with E-state index < -0.39 is 0 Å². The molecule has 0 spiro atoms. The van der Waals surface area contributed by atoms with E-state index in [-0.39, 0.29) is 0 Å². The summed E-state index contributed by atoms with van der Waals surface area (Å²) in [6.07, 6.45) is 0. The summed E-state index contributed by atoms with van der Waals surface area (Å²) in [6, 6.07) is 10.8. The largest absolute Gasteiger partial charge is 0.309 e. The van der Waals surface area contributed by atoms with Crippen molar-refractivity contribution in [3.63, 3.8) is 0 Å². The van der Waals surface area contributed by atoms with Crippen LogP contribution in [-0.4, -0.2) is 25.5 Å². The van der Waals surface area contributed by atoms with Crippen molar-refractivity contribution in [3.8, 4) is 0 Å². The third-order valence-electron chi connectivity index (χ3n) is 2.59. The lowest BCUT2D eigenvalue weighted by atomic mass is 9.88. The van der Waals surface area contributed by atoms with Crippen molar-refractivity contribution in [2.45, 2.75) is 19.8 Å². The second kappa shape index (κ2) is 5.16. The van der Waals surface area contributed by atoms with Gasteiger partial charge in [-0.1, -0.05) is 44.2 Å². The number of benzene rings is 1. The minimum Gasteiger partial charge on any atom is -0.309 e. The van der Waals surface area contributed by atoms with Crippen molar-refractivity contribution in [1.82, 2.24) is 4.90 Å². The molecule has 0 aliphatic carbocycles. The molecule has 0 saturated heterocycles. The van der Waals surface area contributed by atoms with Crippen LogP contribution in [0.25, 0.3) is 0 Å². The van der Waals surface area contributed by atoms with Crippen LogP contribution in [0.3, 0.4) is 0 Å². The lowest BCUT2D eigenvalue weighted by Crippen LogP contribution is -2.23. The highest BCUT2D eigenvalue weighted by Gasteiger charge is 2.15. The molecule has 1 nitrogen and oxygen atoms in total. The van der Waals surface area contributed by atoms with E-state index in [4.69, 9.17) is 0 Å². The Labute approximate surface area is 87.7 Å². The summed E-state index contributed by atoms with van der Waals surface area (Å²) in [5.74, 6) is 1.34. The van der Waals surface area contributed by atoms with Crippen LogP contribution in [0.2, 0.25) is 0 Å². The molecular formula is C13H21N. The van der Waals surface area contributed by atoms with E-state index in [2.05, 4.69) is 63.2 Å². The summed E-state index contributed by atoms with van der Waals surface area (Å²) >= 11 is 0. The standard InChI is InChI=1S/C13H21N/c1-11(2)13(10-14(3)4)12-8-6-5-7-9-12/h5-9,11,13H,10H2,1-4H3. The van der Waals surface area contributed by atoms with E-state index in [0.29, 0.717) is 11.8 Å². The van der Waals surface area contributed by atoms with Gasteiger partial charge in [-0.2, -0.15) is 0 Å². The predicted octanol–water partition coefficient (Wildman–Crippen LogP) is 2.99. The molecule has 1 heteroatoms. The quantitative estimate of drug-likeness (QED) is 0.707. The fourth-order valence-corrected chi connectivity index (χ4v) is 1.79. The van der Waals surface area contributed by atoms with Crippen LogP contribution >= 0.6 is 0 Å². The molecule has 0 fully saturated rings. The fraction of sp³-hybridized carbons (Fsp3) is 0.538. The summed E-state index contributed by atoms with van der Waals surface area (Å²) in [5.41, 5.74) is 1.45. The van der Waals surface area contributed by atoms with Crippen molar-refractivity contribution < 1.29 is 0 Å². The average molecular weight is 191 g/mol. The number of likely N-dealkylation sites (N-methyl/N-ethyl adjacent to an activating group) is 1. The molecule has 1 rings (SSSR count). The average Bonchev–Trinajstić information content (AvgIpc) is 2.15. The van der Waals surface area contributed by atoms with Gasteiger partial charge in [0.15, 0.2) is 0 Å². The molecule has 14 heavy (non-hydrogen) atoms.